The molecule has 33 heavy (non-hydrogen) atoms. The van der Waals surface area contributed by atoms with Crippen LogP contribution < -0.4 is 5.73 Å². The summed E-state index contributed by atoms with van der Waals surface area (Å²) in [5.74, 6) is 0.541. The number of imidazole rings is 1. The number of para-hydroxylation sites is 1. The van der Waals surface area contributed by atoms with E-state index in [9.17, 15) is 14.6 Å². The Morgan fingerprint density at radius 3 is 2.91 bits per heavy atom. The molecule has 0 radical (unpaired) electrons. The van der Waals surface area contributed by atoms with E-state index in [1.54, 1.807) is 23.1 Å². The molecule has 1 aliphatic heterocycles. The number of nitrogen functional groups attached to an aromatic ring is 1. The number of benzene rings is 1. The van der Waals surface area contributed by atoms with E-state index in [1.165, 1.54) is 10.9 Å². The molecule has 174 valence electrons. The monoisotopic (exact) mass is 492 g/mol. The van der Waals surface area contributed by atoms with E-state index < -0.39 is 30.6 Å². The zero-order valence-electron chi connectivity index (χ0n) is 17.4. The van der Waals surface area contributed by atoms with Crippen molar-refractivity contribution in [1.82, 2.24) is 24.5 Å². The summed E-state index contributed by atoms with van der Waals surface area (Å²) in [6.07, 6.45) is -4.17. The van der Waals surface area contributed by atoms with Crippen LogP contribution in [0.2, 0.25) is 0 Å². The number of fused-ring (bicyclic) bond motifs is 2. The van der Waals surface area contributed by atoms with Gasteiger partial charge in [0.1, 0.15) is 18.3 Å². The second-order valence-electron chi connectivity index (χ2n) is 7.65. The molecular weight excluding hydrogens is 471 g/mol. The maximum absolute atomic E-state index is 13.6. The summed E-state index contributed by atoms with van der Waals surface area (Å²) in [7, 11) is 0. The minimum Gasteiger partial charge on any atom is -0.387 e. The molecule has 1 aromatic carbocycles. The van der Waals surface area contributed by atoms with Crippen LogP contribution in [0, 0.1) is 6.08 Å². The molecule has 0 saturated carbocycles. The molecule has 1 fully saturated rings. The largest absolute Gasteiger partial charge is 0.387 e. The van der Waals surface area contributed by atoms with Crippen LogP contribution in [0.5, 0.6) is 0 Å². The molecule has 1 saturated heterocycles. The quantitative estimate of drug-likeness (QED) is 0.259. The number of aromatic nitrogens is 5. The Morgan fingerprint density at radius 1 is 1.27 bits per heavy atom. The Kier molecular flexibility index (Phi) is 6.16. The molecule has 4 heterocycles. The predicted molar refractivity (Wildman–Crippen MR) is 121 cm³/mol. The number of thiazole rings is 1. The molecular formula is C20H21FN6O4S2. The standard InChI is InChI=1S/C20H21FN6O4S2/c1-9(7-32-20-24-10-4-2-3-5-12(10)33-20)30-6-11-14(28)15(29)18(31-11)27-8-23-13-16(22)25-19(21)26-17(13)27/h2-5,8-9,11,14-15,18,28-29H,6-7H2,1H3,(H2,22,25,26)/t9-,11-,14-,15-,18-/m1/s1. The summed E-state index contributed by atoms with van der Waals surface area (Å²) in [6, 6.07) is 7.96. The molecule has 5 atom stereocenters. The first-order valence-electron chi connectivity index (χ1n) is 10.2. The van der Waals surface area contributed by atoms with Crippen molar-refractivity contribution in [2.24, 2.45) is 0 Å². The first-order chi connectivity index (χ1) is 15.9. The zero-order chi connectivity index (χ0) is 23.1. The summed E-state index contributed by atoms with van der Waals surface area (Å²) in [5, 5.41) is 21.0. The number of anilines is 1. The summed E-state index contributed by atoms with van der Waals surface area (Å²) in [5.41, 5.74) is 6.91. The van der Waals surface area contributed by atoms with Crippen LogP contribution in [-0.2, 0) is 9.47 Å². The number of nitrogens with zero attached hydrogens (tertiary/aromatic N) is 5. The molecule has 10 nitrogen and oxygen atoms in total. The minimum atomic E-state index is -1.29. The molecule has 1 aliphatic rings. The fraction of sp³-hybridized carbons (Fsp3) is 0.400. The number of rotatable bonds is 7. The number of thioether (sulfide) groups is 1. The maximum atomic E-state index is 13.6. The molecule has 3 aromatic heterocycles. The van der Waals surface area contributed by atoms with Crippen LogP contribution in [0.25, 0.3) is 21.4 Å². The van der Waals surface area contributed by atoms with E-state index >= 15 is 0 Å². The summed E-state index contributed by atoms with van der Waals surface area (Å²) in [4.78, 5) is 15.8. The predicted octanol–water partition coefficient (Wildman–Crippen LogP) is 1.97. The van der Waals surface area contributed by atoms with Gasteiger partial charge in [0.05, 0.1) is 29.3 Å². The van der Waals surface area contributed by atoms with Crippen molar-refractivity contribution < 1.29 is 24.1 Å². The van der Waals surface area contributed by atoms with Gasteiger partial charge in [0.25, 0.3) is 0 Å². The molecule has 4 N–H and O–H groups in total. The third-order valence-electron chi connectivity index (χ3n) is 5.29. The lowest BCUT2D eigenvalue weighted by atomic mass is 10.1. The summed E-state index contributed by atoms with van der Waals surface area (Å²) in [6.45, 7) is 1.98. The van der Waals surface area contributed by atoms with Gasteiger partial charge in [-0.25, -0.2) is 9.97 Å². The second kappa shape index (κ2) is 9.08. The second-order valence-corrected chi connectivity index (χ2v) is 9.95. The van der Waals surface area contributed by atoms with E-state index in [0.717, 1.165) is 14.6 Å². The molecule has 5 rings (SSSR count). The van der Waals surface area contributed by atoms with Gasteiger partial charge in [0.2, 0.25) is 0 Å². The number of nitrogens with two attached hydrogens (primary N) is 1. The van der Waals surface area contributed by atoms with E-state index in [-0.39, 0.29) is 29.7 Å². The van der Waals surface area contributed by atoms with Crippen molar-refractivity contribution in [3.8, 4) is 0 Å². The molecule has 0 spiro atoms. The van der Waals surface area contributed by atoms with Crippen molar-refractivity contribution in [3.05, 3.63) is 36.7 Å². The fourth-order valence-electron chi connectivity index (χ4n) is 3.60. The van der Waals surface area contributed by atoms with Crippen molar-refractivity contribution >= 4 is 50.3 Å². The fourth-order valence-corrected chi connectivity index (χ4v) is 5.64. The smallest absolute Gasteiger partial charge is 0.312 e. The number of ether oxygens (including phenoxy) is 2. The average molecular weight is 493 g/mol. The molecule has 0 unspecified atom stereocenters. The number of hydrogen-bond acceptors (Lipinski definition) is 11. The van der Waals surface area contributed by atoms with E-state index in [2.05, 4.69) is 19.9 Å². The van der Waals surface area contributed by atoms with Gasteiger partial charge in [-0.05, 0) is 19.1 Å². The molecule has 0 amide bonds. The van der Waals surface area contributed by atoms with Crippen molar-refractivity contribution in [1.29, 1.82) is 0 Å². The van der Waals surface area contributed by atoms with Gasteiger partial charge < -0.3 is 25.4 Å². The van der Waals surface area contributed by atoms with Crippen LogP contribution in [-0.4, -0.2) is 71.5 Å². The molecule has 13 heteroatoms. The maximum Gasteiger partial charge on any atom is 0.312 e. The third-order valence-corrected chi connectivity index (χ3v) is 7.70. The average Bonchev–Trinajstić information content (AvgIpc) is 3.47. The Labute approximate surface area is 195 Å². The lowest BCUT2D eigenvalue weighted by Gasteiger charge is -2.18. The van der Waals surface area contributed by atoms with Crippen molar-refractivity contribution in [2.75, 3.05) is 18.1 Å². The summed E-state index contributed by atoms with van der Waals surface area (Å²) < 4.78 is 28.7. The third kappa shape index (κ3) is 4.39. The SMILES string of the molecule is C[C@H](CSc1nc2ccccc2s1)OC[C@H]1O[C@@H](n2cnc3c(N)nc(F)nc32)[C@H](O)[C@@H]1O. The van der Waals surface area contributed by atoms with Gasteiger partial charge in [-0.1, -0.05) is 23.9 Å². The Morgan fingerprint density at radius 2 is 2.09 bits per heavy atom. The normalized spacial score (nSPS) is 24.1. The number of aliphatic hydroxyl groups is 2. The van der Waals surface area contributed by atoms with E-state index in [0.29, 0.717) is 5.75 Å². The van der Waals surface area contributed by atoms with Gasteiger partial charge in [0, 0.05) is 5.75 Å². The van der Waals surface area contributed by atoms with Crippen molar-refractivity contribution in [3.63, 3.8) is 0 Å². The van der Waals surface area contributed by atoms with Gasteiger partial charge in [-0.2, -0.15) is 14.4 Å². The highest BCUT2D eigenvalue weighted by molar-refractivity contribution is 8.01. The van der Waals surface area contributed by atoms with Gasteiger partial charge in [-0.3, -0.25) is 4.57 Å². The van der Waals surface area contributed by atoms with Crippen LogP contribution in [0.4, 0.5) is 10.2 Å². The number of aliphatic hydroxyl groups excluding tert-OH is 2. The van der Waals surface area contributed by atoms with E-state index in [1.807, 2.05) is 31.2 Å². The van der Waals surface area contributed by atoms with Gasteiger partial charge >= 0.3 is 6.08 Å². The van der Waals surface area contributed by atoms with Crippen LogP contribution >= 0.6 is 23.1 Å². The zero-order valence-corrected chi connectivity index (χ0v) is 19.0. The molecule has 4 aromatic rings. The Balaban J connectivity index is 1.20. The van der Waals surface area contributed by atoms with Crippen LogP contribution in [0.15, 0.2) is 34.9 Å². The van der Waals surface area contributed by atoms with E-state index in [4.69, 9.17) is 15.2 Å². The highest BCUT2D eigenvalue weighted by atomic mass is 32.2. The minimum absolute atomic E-state index is 0.0639. The lowest BCUT2D eigenvalue weighted by molar-refractivity contribution is -0.0748. The first-order valence-corrected chi connectivity index (χ1v) is 12.0. The molecule has 0 bridgehead atoms. The van der Waals surface area contributed by atoms with Crippen molar-refractivity contribution in [2.45, 2.75) is 41.9 Å². The van der Waals surface area contributed by atoms with Crippen LogP contribution in [0.3, 0.4) is 0 Å². The van der Waals surface area contributed by atoms with Gasteiger partial charge in [-0.15, -0.1) is 11.3 Å². The highest BCUT2D eigenvalue weighted by Crippen LogP contribution is 2.33. The lowest BCUT2D eigenvalue weighted by Crippen LogP contribution is -2.34. The summed E-state index contributed by atoms with van der Waals surface area (Å²) >= 11 is 3.23. The van der Waals surface area contributed by atoms with Gasteiger partial charge in [0.15, 0.2) is 27.5 Å². The Bertz CT molecular complexity index is 1250. The Hall–Kier alpha value is -2.42. The number of hydrogen-bond donors (Lipinski definition) is 3. The molecule has 0 aliphatic carbocycles. The topological polar surface area (TPSA) is 141 Å². The first kappa shape index (κ1) is 22.4. The van der Waals surface area contributed by atoms with Crippen LogP contribution in [0.1, 0.15) is 13.2 Å². The number of halogens is 1. The highest BCUT2D eigenvalue weighted by Gasteiger charge is 2.44.